The number of hydrogen-bond acceptors (Lipinski definition) is 7. The molecule has 0 aliphatic carbocycles. The molecule has 0 aromatic carbocycles. The van der Waals surface area contributed by atoms with Crippen LogP contribution in [0, 0.1) is 6.92 Å². The molecular weight excluding hydrogens is 517 g/mol. The fourth-order valence-electron chi connectivity index (χ4n) is 3.94. The van der Waals surface area contributed by atoms with Gasteiger partial charge in [0, 0.05) is 78.0 Å². The summed E-state index contributed by atoms with van der Waals surface area (Å²) in [4.78, 5) is 36.3. The Labute approximate surface area is 222 Å². The number of nitrogens with one attached hydrogen (secondary N) is 1. The van der Waals surface area contributed by atoms with Crippen LogP contribution < -0.4 is 15.8 Å². The number of pyridine rings is 1. The molecule has 1 aliphatic rings. The average Bonchev–Trinajstić information content (AvgIpc) is 2.86. The molecular formula is C25H37F3N6O3Si. The number of amides is 1. The van der Waals surface area contributed by atoms with E-state index < -0.39 is 19.8 Å². The lowest BCUT2D eigenvalue weighted by Gasteiger charge is -2.34. The van der Waals surface area contributed by atoms with Crippen LogP contribution in [0.2, 0.25) is 25.7 Å². The summed E-state index contributed by atoms with van der Waals surface area (Å²) in [6.07, 6.45) is -0.189. The van der Waals surface area contributed by atoms with Gasteiger partial charge in [0.05, 0.1) is 11.3 Å². The Kier molecular flexibility index (Phi) is 9.93. The number of aromatic nitrogens is 3. The lowest BCUT2D eigenvalue weighted by Crippen LogP contribution is -2.49. The van der Waals surface area contributed by atoms with E-state index in [1.165, 1.54) is 0 Å². The van der Waals surface area contributed by atoms with Crippen molar-refractivity contribution in [3.05, 3.63) is 46.1 Å². The number of alkyl halides is 3. The topological polar surface area (TPSA) is 92.6 Å². The van der Waals surface area contributed by atoms with Crippen molar-refractivity contribution >= 4 is 25.6 Å². The van der Waals surface area contributed by atoms with E-state index in [9.17, 15) is 22.8 Å². The molecule has 1 fully saturated rings. The number of nitrogens with zero attached hydrogens (tertiary/aromatic N) is 5. The maximum absolute atomic E-state index is 12.7. The number of carbonyl (C=O) groups is 1. The standard InChI is InChI=1S/C25H37F3N6O3Si/c1-19-14-21(17-34(23(19)36)18-37-12-13-38(2,3)4)29-7-5-6-22(35)32-8-10-33(11-9-32)24-30-15-20(16-31-24)25(26,27)28/h14-17,29H,5-13,18H2,1-4H3. The molecule has 0 spiro atoms. The summed E-state index contributed by atoms with van der Waals surface area (Å²) in [7, 11) is -1.20. The van der Waals surface area contributed by atoms with E-state index in [1.54, 1.807) is 33.6 Å². The number of piperazine rings is 1. The van der Waals surface area contributed by atoms with Crippen molar-refractivity contribution < 1.29 is 22.7 Å². The number of ether oxygens (including phenoxy) is 1. The Hall–Kier alpha value is -2.93. The van der Waals surface area contributed by atoms with Crippen LogP contribution in [-0.2, 0) is 22.4 Å². The van der Waals surface area contributed by atoms with E-state index in [0.29, 0.717) is 57.7 Å². The summed E-state index contributed by atoms with van der Waals surface area (Å²) in [5, 5.41) is 3.29. The van der Waals surface area contributed by atoms with Crippen molar-refractivity contribution in [1.82, 2.24) is 19.4 Å². The largest absolute Gasteiger partial charge is 0.419 e. The van der Waals surface area contributed by atoms with Gasteiger partial charge in [0.25, 0.3) is 5.56 Å². The molecule has 9 nitrogen and oxygen atoms in total. The fourth-order valence-corrected chi connectivity index (χ4v) is 4.69. The average molecular weight is 555 g/mol. The molecule has 0 unspecified atom stereocenters. The van der Waals surface area contributed by atoms with Gasteiger partial charge in [-0.3, -0.25) is 14.2 Å². The highest BCUT2D eigenvalue weighted by Crippen LogP contribution is 2.28. The molecule has 1 N–H and O–H groups in total. The molecule has 210 valence electrons. The van der Waals surface area contributed by atoms with Gasteiger partial charge in [0.2, 0.25) is 11.9 Å². The van der Waals surface area contributed by atoms with E-state index in [1.807, 2.05) is 0 Å². The minimum atomic E-state index is -4.47. The van der Waals surface area contributed by atoms with Gasteiger partial charge in [0.1, 0.15) is 6.73 Å². The Morgan fingerprint density at radius 3 is 2.39 bits per heavy atom. The third-order valence-electron chi connectivity index (χ3n) is 6.27. The zero-order chi connectivity index (χ0) is 27.9. The van der Waals surface area contributed by atoms with Crippen LogP contribution in [0.4, 0.5) is 24.8 Å². The summed E-state index contributed by atoms with van der Waals surface area (Å²) in [6.45, 7) is 11.8. The summed E-state index contributed by atoms with van der Waals surface area (Å²) in [5.74, 6) is 0.254. The Bertz CT molecular complexity index is 1130. The van der Waals surface area contributed by atoms with Crippen molar-refractivity contribution in [1.29, 1.82) is 0 Å². The van der Waals surface area contributed by atoms with Crippen molar-refractivity contribution in [3.8, 4) is 0 Å². The predicted molar refractivity (Wildman–Crippen MR) is 143 cm³/mol. The second-order valence-corrected chi connectivity index (χ2v) is 16.3. The molecule has 0 bridgehead atoms. The van der Waals surface area contributed by atoms with Crippen LogP contribution in [0.25, 0.3) is 0 Å². The third kappa shape index (κ3) is 8.83. The van der Waals surface area contributed by atoms with E-state index in [0.717, 1.165) is 24.1 Å². The molecule has 0 saturated carbocycles. The first-order valence-corrected chi connectivity index (χ1v) is 16.5. The molecule has 2 aromatic heterocycles. The molecule has 38 heavy (non-hydrogen) atoms. The first-order chi connectivity index (χ1) is 17.8. The molecule has 0 radical (unpaired) electrons. The van der Waals surface area contributed by atoms with E-state index in [4.69, 9.17) is 4.74 Å². The molecule has 1 amide bonds. The van der Waals surface area contributed by atoms with Crippen LogP contribution in [0.5, 0.6) is 0 Å². The van der Waals surface area contributed by atoms with Gasteiger partial charge >= 0.3 is 6.18 Å². The lowest BCUT2D eigenvalue weighted by atomic mass is 10.2. The molecule has 3 heterocycles. The highest BCUT2D eigenvalue weighted by Gasteiger charge is 2.32. The quantitative estimate of drug-likeness (QED) is 0.334. The van der Waals surface area contributed by atoms with Gasteiger partial charge in [-0.15, -0.1) is 0 Å². The summed E-state index contributed by atoms with van der Waals surface area (Å²) in [6, 6.07) is 2.83. The molecule has 1 aliphatic heterocycles. The van der Waals surface area contributed by atoms with Crippen LogP contribution in [0.1, 0.15) is 24.0 Å². The molecule has 1 saturated heterocycles. The first kappa shape index (κ1) is 29.6. The first-order valence-electron chi connectivity index (χ1n) is 12.8. The number of anilines is 2. The maximum atomic E-state index is 12.7. The van der Waals surface area contributed by atoms with Crippen molar-refractivity contribution in [3.63, 3.8) is 0 Å². The van der Waals surface area contributed by atoms with E-state index in [-0.39, 0.29) is 24.1 Å². The smallest absolute Gasteiger partial charge is 0.384 e. The van der Waals surface area contributed by atoms with Crippen molar-refractivity contribution in [2.75, 3.05) is 49.5 Å². The normalized spacial score (nSPS) is 14.6. The minimum absolute atomic E-state index is 0.0248. The van der Waals surface area contributed by atoms with Gasteiger partial charge in [0.15, 0.2) is 0 Å². The monoisotopic (exact) mass is 554 g/mol. The van der Waals surface area contributed by atoms with Crippen LogP contribution >= 0.6 is 0 Å². The summed E-state index contributed by atoms with van der Waals surface area (Å²) in [5.41, 5.74) is 0.450. The van der Waals surface area contributed by atoms with E-state index >= 15 is 0 Å². The Morgan fingerprint density at radius 2 is 1.79 bits per heavy atom. The van der Waals surface area contributed by atoms with Gasteiger partial charge < -0.3 is 19.9 Å². The van der Waals surface area contributed by atoms with Crippen molar-refractivity contribution in [2.24, 2.45) is 0 Å². The number of aryl methyl sites for hydroxylation is 1. The SMILES string of the molecule is Cc1cc(NCCCC(=O)N2CCN(c3ncc(C(F)(F)F)cn3)CC2)cn(COCC[Si](C)(C)C)c1=O. The molecule has 2 aromatic rings. The van der Waals surface area contributed by atoms with Gasteiger partial charge in [-0.25, -0.2) is 9.97 Å². The predicted octanol–water partition coefficient (Wildman–Crippen LogP) is 3.82. The second-order valence-electron chi connectivity index (χ2n) is 10.7. The number of hydrogen-bond donors (Lipinski definition) is 1. The Balaban J connectivity index is 1.40. The van der Waals surface area contributed by atoms with Crippen molar-refractivity contribution in [2.45, 2.75) is 58.4 Å². The highest BCUT2D eigenvalue weighted by atomic mass is 28.3. The van der Waals surface area contributed by atoms with Gasteiger partial charge in [-0.1, -0.05) is 19.6 Å². The van der Waals surface area contributed by atoms with Gasteiger partial charge in [-0.2, -0.15) is 13.2 Å². The number of rotatable bonds is 11. The zero-order valence-electron chi connectivity index (χ0n) is 22.5. The maximum Gasteiger partial charge on any atom is 0.419 e. The van der Waals surface area contributed by atoms with Crippen LogP contribution in [-0.4, -0.2) is 72.7 Å². The van der Waals surface area contributed by atoms with Crippen LogP contribution in [0.15, 0.2) is 29.5 Å². The highest BCUT2D eigenvalue weighted by molar-refractivity contribution is 6.76. The second kappa shape index (κ2) is 12.7. The Morgan fingerprint density at radius 1 is 1.13 bits per heavy atom. The van der Waals surface area contributed by atoms with Gasteiger partial charge in [-0.05, 0) is 25.5 Å². The summed E-state index contributed by atoms with van der Waals surface area (Å²) < 4.78 is 45.4. The van der Waals surface area contributed by atoms with E-state index in [2.05, 4.69) is 34.9 Å². The third-order valence-corrected chi connectivity index (χ3v) is 7.97. The molecule has 13 heteroatoms. The summed E-state index contributed by atoms with van der Waals surface area (Å²) >= 11 is 0. The lowest BCUT2D eigenvalue weighted by molar-refractivity contribution is -0.138. The molecule has 0 atom stereocenters. The van der Waals surface area contributed by atoms with Crippen LogP contribution in [0.3, 0.4) is 0 Å². The fraction of sp³-hybridized carbons (Fsp3) is 0.600. The molecule has 3 rings (SSSR count). The minimum Gasteiger partial charge on any atom is -0.384 e. The number of carbonyl (C=O) groups excluding carboxylic acids is 1. The number of halogens is 3. The zero-order valence-corrected chi connectivity index (χ0v) is 23.5.